The highest BCUT2D eigenvalue weighted by Crippen LogP contribution is 2.29. The lowest BCUT2D eigenvalue weighted by Crippen LogP contribution is -2.05. The van der Waals surface area contributed by atoms with Crippen molar-refractivity contribution in [1.29, 1.82) is 0 Å². The number of hydrogen-bond donors (Lipinski definition) is 2. The fourth-order valence-electron chi connectivity index (χ4n) is 3.44. The van der Waals surface area contributed by atoms with Crippen molar-refractivity contribution in [1.82, 2.24) is 4.72 Å². The molecule has 4 heteroatoms. The van der Waals surface area contributed by atoms with Gasteiger partial charge in [0, 0.05) is 12.3 Å². The Labute approximate surface area is 192 Å². The van der Waals surface area contributed by atoms with E-state index in [1.165, 1.54) is 28.8 Å². The van der Waals surface area contributed by atoms with E-state index >= 15 is 0 Å². The van der Waals surface area contributed by atoms with E-state index in [0.717, 1.165) is 29.0 Å². The molecule has 0 aliphatic rings. The van der Waals surface area contributed by atoms with E-state index in [0.29, 0.717) is 0 Å². The van der Waals surface area contributed by atoms with Crippen molar-refractivity contribution in [3.63, 3.8) is 0 Å². The van der Waals surface area contributed by atoms with Crippen molar-refractivity contribution < 1.29 is 9.50 Å². The van der Waals surface area contributed by atoms with Gasteiger partial charge in [0.05, 0.1) is 0 Å². The molecule has 0 radical (unpaired) electrons. The van der Waals surface area contributed by atoms with Crippen molar-refractivity contribution >= 4 is 24.1 Å². The van der Waals surface area contributed by atoms with Gasteiger partial charge in [-0.05, 0) is 57.6 Å². The standard InChI is InChI=1S/C28H24FNOS/c29-25-15-10-22(11-16-25)20-32-30-19-24-6-2-4-8-28(24)27-7-3-1-5-23(27)14-9-21-12-17-26(31)18-13-21/h1-18,30-31H,19-20H2/b14-9+. The second kappa shape index (κ2) is 10.8. The SMILES string of the molecule is Oc1ccc(/C=C/c2ccccc2-c2ccccc2CNSCc2ccc(F)cc2)cc1. The van der Waals surface area contributed by atoms with Crippen LogP contribution in [0, 0.1) is 5.82 Å². The number of nitrogens with one attached hydrogen (secondary N) is 1. The number of benzene rings is 4. The molecule has 0 bridgehead atoms. The molecule has 0 amide bonds. The van der Waals surface area contributed by atoms with Gasteiger partial charge in [-0.1, -0.05) is 96.9 Å². The van der Waals surface area contributed by atoms with E-state index in [9.17, 15) is 9.50 Å². The average Bonchev–Trinajstić information content (AvgIpc) is 2.83. The molecule has 0 aromatic heterocycles. The van der Waals surface area contributed by atoms with E-state index < -0.39 is 0 Å². The second-order valence-electron chi connectivity index (χ2n) is 7.41. The first-order valence-electron chi connectivity index (χ1n) is 10.4. The quantitative estimate of drug-likeness (QED) is 0.171. The number of rotatable bonds is 8. The topological polar surface area (TPSA) is 32.3 Å². The first kappa shape index (κ1) is 21.9. The summed E-state index contributed by atoms with van der Waals surface area (Å²) in [6.07, 6.45) is 4.16. The minimum atomic E-state index is -0.209. The van der Waals surface area contributed by atoms with Crippen LogP contribution < -0.4 is 4.72 Å². The van der Waals surface area contributed by atoms with Gasteiger partial charge in [0.1, 0.15) is 11.6 Å². The highest BCUT2D eigenvalue weighted by Gasteiger charge is 2.08. The van der Waals surface area contributed by atoms with E-state index in [-0.39, 0.29) is 11.6 Å². The monoisotopic (exact) mass is 441 g/mol. The molecule has 4 rings (SSSR count). The molecule has 2 nitrogen and oxygen atoms in total. The molecule has 0 aliphatic heterocycles. The van der Waals surface area contributed by atoms with Gasteiger partial charge in [-0.25, -0.2) is 4.39 Å². The lowest BCUT2D eigenvalue weighted by atomic mass is 9.95. The lowest BCUT2D eigenvalue weighted by molar-refractivity contribution is 0.475. The molecule has 4 aromatic carbocycles. The largest absolute Gasteiger partial charge is 0.508 e. The third-order valence-electron chi connectivity index (χ3n) is 5.13. The number of halogens is 1. The average molecular weight is 442 g/mol. The summed E-state index contributed by atoms with van der Waals surface area (Å²) in [4.78, 5) is 0. The maximum absolute atomic E-state index is 13.1. The Morgan fingerprint density at radius 2 is 1.44 bits per heavy atom. The van der Waals surface area contributed by atoms with Gasteiger partial charge in [0.25, 0.3) is 0 Å². The van der Waals surface area contributed by atoms with Gasteiger partial charge >= 0.3 is 0 Å². The van der Waals surface area contributed by atoms with Crippen LogP contribution in [0.1, 0.15) is 22.3 Å². The van der Waals surface area contributed by atoms with Crippen LogP contribution in [0.4, 0.5) is 4.39 Å². The van der Waals surface area contributed by atoms with Crippen LogP contribution in [0.25, 0.3) is 23.3 Å². The van der Waals surface area contributed by atoms with Gasteiger partial charge in [-0.3, -0.25) is 4.72 Å². The minimum absolute atomic E-state index is 0.209. The van der Waals surface area contributed by atoms with E-state index in [1.807, 2.05) is 30.3 Å². The van der Waals surface area contributed by atoms with Crippen LogP contribution in [0.2, 0.25) is 0 Å². The third kappa shape index (κ3) is 5.88. The van der Waals surface area contributed by atoms with Crippen LogP contribution in [0.5, 0.6) is 5.75 Å². The van der Waals surface area contributed by atoms with Crippen molar-refractivity contribution in [3.05, 3.63) is 125 Å². The number of phenols is 1. The molecular weight excluding hydrogens is 417 g/mol. The zero-order valence-electron chi connectivity index (χ0n) is 17.5. The van der Waals surface area contributed by atoms with Crippen molar-refractivity contribution in [2.75, 3.05) is 0 Å². The van der Waals surface area contributed by atoms with Crippen LogP contribution in [-0.2, 0) is 12.3 Å². The Morgan fingerprint density at radius 3 is 2.22 bits per heavy atom. The summed E-state index contributed by atoms with van der Waals surface area (Å²) in [5, 5.41) is 9.48. The highest BCUT2D eigenvalue weighted by atomic mass is 32.2. The second-order valence-corrected chi connectivity index (χ2v) is 8.27. The maximum atomic E-state index is 13.1. The van der Waals surface area contributed by atoms with E-state index in [2.05, 4.69) is 59.3 Å². The Hall–Kier alpha value is -3.34. The normalized spacial score (nSPS) is 11.2. The molecule has 0 spiro atoms. The predicted molar refractivity (Wildman–Crippen MR) is 133 cm³/mol. The van der Waals surface area contributed by atoms with Crippen LogP contribution in [0.15, 0.2) is 97.1 Å². The molecule has 0 fully saturated rings. The summed E-state index contributed by atoms with van der Waals surface area (Å²) in [6, 6.07) is 30.5. The first-order chi connectivity index (χ1) is 15.7. The van der Waals surface area contributed by atoms with Gasteiger partial charge in [0.15, 0.2) is 0 Å². The Bertz CT molecular complexity index is 1190. The minimum Gasteiger partial charge on any atom is -0.508 e. The summed E-state index contributed by atoms with van der Waals surface area (Å²) in [5.74, 6) is 0.828. The molecular formula is C28H24FNOS. The van der Waals surface area contributed by atoms with Crippen molar-refractivity contribution in [3.8, 4) is 16.9 Å². The summed E-state index contributed by atoms with van der Waals surface area (Å²) in [7, 11) is 0. The van der Waals surface area contributed by atoms with E-state index in [1.54, 1.807) is 24.1 Å². The number of phenolic OH excluding ortho intramolecular Hbond substituents is 1. The van der Waals surface area contributed by atoms with Crippen LogP contribution in [-0.4, -0.2) is 5.11 Å². The molecule has 0 atom stereocenters. The molecule has 0 heterocycles. The Kier molecular flexibility index (Phi) is 7.38. The predicted octanol–water partition coefficient (Wildman–Crippen LogP) is 7.31. The fourth-order valence-corrected chi connectivity index (χ4v) is 4.16. The fraction of sp³-hybridized carbons (Fsp3) is 0.0714. The molecule has 0 saturated heterocycles. The molecule has 32 heavy (non-hydrogen) atoms. The van der Waals surface area contributed by atoms with Crippen molar-refractivity contribution in [2.45, 2.75) is 12.3 Å². The molecule has 160 valence electrons. The molecule has 2 N–H and O–H groups in total. The first-order valence-corrected chi connectivity index (χ1v) is 11.4. The molecule has 0 saturated carbocycles. The Morgan fingerprint density at radius 1 is 0.750 bits per heavy atom. The van der Waals surface area contributed by atoms with Gasteiger partial charge in [0.2, 0.25) is 0 Å². The smallest absolute Gasteiger partial charge is 0.123 e. The maximum Gasteiger partial charge on any atom is 0.123 e. The molecule has 0 unspecified atom stereocenters. The lowest BCUT2D eigenvalue weighted by Gasteiger charge is -2.13. The number of aromatic hydroxyl groups is 1. The summed E-state index contributed by atoms with van der Waals surface area (Å²) in [5.41, 5.74) is 6.82. The molecule has 0 aliphatic carbocycles. The summed E-state index contributed by atoms with van der Waals surface area (Å²) in [6.45, 7) is 0.720. The van der Waals surface area contributed by atoms with Crippen LogP contribution in [0.3, 0.4) is 0 Å². The summed E-state index contributed by atoms with van der Waals surface area (Å²) >= 11 is 1.62. The van der Waals surface area contributed by atoms with Gasteiger partial charge in [-0.2, -0.15) is 0 Å². The molecule has 4 aromatic rings. The summed E-state index contributed by atoms with van der Waals surface area (Å²) < 4.78 is 16.5. The number of hydrogen-bond acceptors (Lipinski definition) is 3. The van der Waals surface area contributed by atoms with Crippen molar-refractivity contribution in [2.24, 2.45) is 0 Å². The van der Waals surface area contributed by atoms with Crippen LogP contribution >= 0.6 is 11.9 Å². The highest BCUT2D eigenvalue weighted by molar-refractivity contribution is 7.96. The Balaban J connectivity index is 1.48. The third-order valence-corrected chi connectivity index (χ3v) is 5.96. The van der Waals surface area contributed by atoms with E-state index in [4.69, 9.17) is 0 Å². The van der Waals surface area contributed by atoms with Gasteiger partial charge < -0.3 is 5.11 Å². The zero-order chi connectivity index (χ0) is 22.2. The zero-order valence-corrected chi connectivity index (χ0v) is 18.4. The van der Waals surface area contributed by atoms with Gasteiger partial charge in [-0.15, -0.1) is 0 Å².